The van der Waals surface area contributed by atoms with E-state index >= 15 is 0 Å². The van der Waals surface area contributed by atoms with Crippen LogP contribution in [-0.2, 0) is 14.8 Å². The number of nitrogens with zero attached hydrogens (tertiary/aromatic N) is 1. The van der Waals surface area contributed by atoms with E-state index in [2.05, 4.69) is 4.98 Å². The van der Waals surface area contributed by atoms with E-state index in [4.69, 9.17) is 5.73 Å². The van der Waals surface area contributed by atoms with Gasteiger partial charge in [0.15, 0.2) is 5.03 Å². The van der Waals surface area contributed by atoms with Gasteiger partial charge in [0.2, 0.25) is 0 Å². The number of nitrogens with two attached hydrogens (primary N) is 1. The van der Waals surface area contributed by atoms with Crippen LogP contribution in [0.15, 0.2) is 29.4 Å². The van der Waals surface area contributed by atoms with Gasteiger partial charge in [-0.1, -0.05) is 19.9 Å². The van der Waals surface area contributed by atoms with Crippen molar-refractivity contribution in [3.8, 4) is 0 Å². The van der Waals surface area contributed by atoms with Crippen LogP contribution in [0.3, 0.4) is 0 Å². The van der Waals surface area contributed by atoms with Crippen LogP contribution in [0.1, 0.15) is 20.3 Å². The van der Waals surface area contributed by atoms with Gasteiger partial charge in [0.05, 0.1) is 6.04 Å². The molecule has 0 aliphatic rings. The van der Waals surface area contributed by atoms with Crippen molar-refractivity contribution in [2.75, 3.05) is 0 Å². The molecule has 0 saturated carbocycles. The third-order valence-electron chi connectivity index (χ3n) is 2.21. The largest absolute Gasteiger partial charge is 0.320 e. The summed E-state index contributed by atoms with van der Waals surface area (Å²) in [4.78, 5) is 15.3. The molecule has 7 heteroatoms. The second-order valence-electron chi connectivity index (χ2n) is 4.37. The minimum absolute atomic E-state index is 0.199. The Labute approximate surface area is 107 Å². The quantitative estimate of drug-likeness (QED) is 0.799. The fraction of sp³-hybridized carbons (Fsp3) is 0.455. The number of hydrogen-bond donors (Lipinski definition) is 2. The van der Waals surface area contributed by atoms with E-state index in [0.717, 1.165) is 0 Å². The summed E-state index contributed by atoms with van der Waals surface area (Å²) in [5.41, 5.74) is 5.61. The Morgan fingerprint density at radius 1 is 1.44 bits per heavy atom. The highest BCUT2D eigenvalue weighted by molar-refractivity contribution is 7.90. The molecule has 0 aliphatic carbocycles. The molecule has 1 rings (SSSR count). The number of rotatable bonds is 5. The summed E-state index contributed by atoms with van der Waals surface area (Å²) in [7, 11) is -3.93. The Kier molecular flexibility index (Phi) is 4.80. The molecule has 6 nitrogen and oxygen atoms in total. The van der Waals surface area contributed by atoms with Gasteiger partial charge in [0, 0.05) is 6.20 Å². The number of carbonyl (C=O) groups excluding carboxylic acids is 1. The van der Waals surface area contributed by atoms with Crippen LogP contribution in [0, 0.1) is 5.92 Å². The first-order valence-electron chi connectivity index (χ1n) is 5.56. The first-order valence-corrected chi connectivity index (χ1v) is 7.04. The van der Waals surface area contributed by atoms with Gasteiger partial charge in [0.1, 0.15) is 0 Å². The maximum Gasteiger partial charge on any atom is 0.281 e. The second kappa shape index (κ2) is 5.92. The molecule has 1 amide bonds. The average molecular weight is 271 g/mol. The van der Waals surface area contributed by atoms with Gasteiger partial charge in [-0.05, 0) is 24.5 Å². The molecule has 0 unspecified atom stereocenters. The van der Waals surface area contributed by atoms with Crippen molar-refractivity contribution in [1.82, 2.24) is 9.71 Å². The zero-order valence-corrected chi connectivity index (χ0v) is 11.1. The van der Waals surface area contributed by atoms with Gasteiger partial charge in [0.25, 0.3) is 15.9 Å². The van der Waals surface area contributed by atoms with Gasteiger partial charge >= 0.3 is 0 Å². The van der Waals surface area contributed by atoms with Gasteiger partial charge in [-0.3, -0.25) is 4.79 Å². The lowest BCUT2D eigenvalue weighted by Crippen LogP contribution is -2.44. The normalized spacial score (nSPS) is 13.3. The number of nitrogens with one attached hydrogen (secondary N) is 1. The molecule has 1 aromatic heterocycles. The molecule has 3 N–H and O–H groups in total. The van der Waals surface area contributed by atoms with Crippen LogP contribution in [-0.4, -0.2) is 25.4 Å². The van der Waals surface area contributed by atoms with Gasteiger partial charge in [-0.15, -0.1) is 0 Å². The molecule has 0 radical (unpaired) electrons. The van der Waals surface area contributed by atoms with Gasteiger partial charge in [-0.2, -0.15) is 8.42 Å². The van der Waals surface area contributed by atoms with Crippen LogP contribution in [0.5, 0.6) is 0 Å². The molecule has 1 heterocycles. The summed E-state index contributed by atoms with van der Waals surface area (Å²) in [5.74, 6) is -0.502. The van der Waals surface area contributed by atoms with Crippen molar-refractivity contribution in [1.29, 1.82) is 0 Å². The predicted octanol–water partition coefficient (Wildman–Crippen LogP) is 0.260. The maximum atomic E-state index is 11.8. The van der Waals surface area contributed by atoms with Crippen LogP contribution < -0.4 is 10.5 Å². The zero-order valence-electron chi connectivity index (χ0n) is 10.3. The van der Waals surface area contributed by atoms with Crippen molar-refractivity contribution in [2.24, 2.45) is 11.7 Å². The van der Waals surface area contributed by atoms with Crippen molar-refractivity contribution in [3.63, 3.8) is 0 Å². The standard InChI is InChI=1S/C11H17N3O3S/c1-8(2)7-9(12)11(15)14-18(16,17)10-5-3-4-6-13-10/h3-6,8-9H,7,12H2,1-2H3,(H,14,15)/t9-/m0/s1. The number of amides is 1. The Balaban J connectivity index is 2.76. The Bertz CT molecular complexity index is 500. The van der Waals surface area contributed by atoms with Gasteiger partial charge < -0.3 is 5.73 Å². The smallest absolute Gasteiger partial charge is 0.281 e. The minimum atomic E-state index is -3.93. The highest BCUT2D eigenvalue weighted by Crippen LogP contribution is 2.06. The molecule has 18 heavy (non-hydrogen) atoms. The third kappa shape index (κ3) is 4.08. The van der Waals surface area contributed by atoms with Crippen molar-refractivity contribution in [3.05, 3.63) is 24.4 Å². The molecule has 0 aliphatic heterocycles. The molecule has 0 bridgehead atoms. The monoisotopic (exact) mass is 271 g/mol. The summed E-state index contributed by atoms with van der Waals surface area (Å²) in [6.07, 6.45) is 1.76. The number of hydrogen-bond acceptors (Lipinski definition) is 5. The van der Waals surface area contributed by atoms with Crippen molar-refractivity contribution >= 4 is 15.9 Å². The maximum absolute atomic E-state index is 11.8. The van der Waals surface area contributed by atoms with Gasteiger partial charge in [-0.25, -0.2) is 9.71 Å². The topological polar surface area (TPSA) is 102 Å². The van der Waals surface area contributed by atoms with E-state index in [9.17, 15) is 13.2 Å². The number of pyridine rings is 1. The molecule has 0 aromatic carbocycles. The zero-order chi connectivity index (χ0) is 13.8. The lowest BCUT2D eigenvalue weighted by molar-refractivity contribution is -0.120. The van der Waals surface area contributed by atoms with Crippen LogP contribution >= 0.6 is 0 Å². The summed E-state index contributed by atoms with van der Waals surface area (Å²) in [5, 5.41) is -0.199. The predicted molar refractivity (Wildman–Crippen MR) is 67.0 cm³/mol. The molecule has 1 aromatic rings. The molecular weight excluding hydrogens is 254 g/mol. The van der Waals surface area contributed by atoms with Crippen LogP contribution in [0.2, 0.25) is 0 Å². The highest BCUT2D eigenvalue weighted by Gasteiger charge is 2.23. The molecule has 100 valence electrons. The van der Waals surface area contributed by atoms with E-state index in [1.54, 1.807) is 6.07 Å². The SMILES string of the molecule is CC(C)C[C@H](N)C(=O)NS(=O)(=O)c1ccccn1. The van der Waals surface area contributed by atoms with E-state index in [-0.39, 0.29) is 10.9 Å². The third-order valence-corrected chi connectivity index (χ3v) is 3.47. The van der Waals surface area contributed by atoms with Crippen LogP contribution in [0.4, 0.5) is 0 Å². The minimum Gasteiger partial charge on any atom is -0.320 e. The van der Waals surface area contributed by atoms with Crippen molar-refractivity contribution in [2.45, 2.75) is 31.3 Å². The fourth-order valence-electron chi connectivity index (χ4n) is 1.38. The first kappa shape index (κ1) is 14.6. The Morgan fingerprint density at radius 2 is 2.11 bits per heavy atom. The van der Waals surface area contributed by atoms with E-state index < -0.39 is 22.0 Å². The summed E-state index contributed by atoms with van der Waals surface area (Å²) < 4.78 is 25.5. The average Bonchev–Trinajstić information content (AvgIpc) is 2.28. The number of sulfonamides is 1. The number of aromatic nitrogens is 1. The Hall–Kier alpha value is -1.47. The van der Waals surface area contributed by atoms with E-state index in [1.165, 1.54) is 18.3 Å². The summed E-state index contributed by atoms with van der Waals surface area (Å²) in [6.45, 7) is 3.81. The molecular formula is C11H17N3O3S. The summed E-state index contributed by atoms with van der Waals surface area (Å²) in [6, 6.07) is 3.58. The molecule has 0 saturated heterocycles. The lowest BCUT2D eigenvalue weighted by atomic mass is 10.0. The summed E-state index contributed by atoms with van der Waals surface area (Å²) >= 11 is 0. The second-order valence-corrected chi connectivity index (χ2v) is 6.00. The van der Waals surface area contributed by atoms with Crippen LogP contribution in [0.25, 0.3) is 0 Å². The van der Waals surface area contributed by atoms with Crippen molar-refractivity contribution < 1.29 is 13.2 Å². The first-order chi connectivity index (χ1) is 8.33. The Morgan fingerprint density at radius 3 is 2.61 bits per heavy atom. The van der Waals surface area contributed by atoms with E-state index in [0.29, 0.717) is 6.42 Å². The molecule has 0 spiro atoms. The number of carbonyl (C=O) groups is 1. The van der Waals surface area contributed by atoms with E-state index in [1.807, 2.05) is 18.6 Å². The highest BCUT2D eigenvalue weighted by atomic mass is 32.2. The molecule has 0 fully saturated rings. The lowest BCUT2D eigenvalue weighted by Gasteiger charge is -2.13. The fourth-order valence-corrected chi connectivity index (χ4v) is 2.36. The molecule has 1 atom stereocenters.